The van der Waals surface area contributed by atoms with Crippen molar-refractivity contribution in [2.24, 2.45) is 5.92 Å². The van der Waals surface area contributed by atoms with E-state index in [4.69, 9.17) is 14.6 Å². The van der Waals surface area contributed by atoms with Crippen molar-refractivity contribution in [1.82, 2.24) is 0 Å². The third kappa shape index (κ3) is 11.9. The van der Waals surface area contributed by atoms with Crippen molar-refractivity contribution in [1.29, 1.82) is 0 Å². The standard InChI is InChI=1S/C10H22O3/c1-10(2)4-3-6-12-8-9-13-7-5-11/h10-11H,3-9H2,1-2H3. The molecule has 0 atom stereocenters. The maximum Gasteiger partial charge on any atom is 0.0701 e. The molecule has 1 N–H and O–H groups in total. The third-order valence-corrected chi connectivity index (χ3v) is 1.68. The van der Waals surface area contributed by atoms with E-state index in [1.165, 1.54) is 6.42 Å². The van der Waals surface area contributed by atoms with Gasteiger partial charge in [-0.1, -0.05) is 13.8 Å². The fourth-order valence-corrected chi connectivity index (χ4v) is 0.980. The quantitative estimate of drug-likeness (QED) is 0.559. The van der Waals surface area contributed by atoms with Crippen LogP contribution in [0.15, 0.2) is 0 Å². The molecule has 0 amide bonds. The van der Waals surface area contributed by atoms with Crippen LogP contribution in [0.25, 0.3) is 0 Å². The largest absolute Gasteiger partial charge is 0.394 e. The molecule has 0 rings (SSSR count). The number of hydrogen-bond donors (Lipinski definition) is 1. The van der Waals surface area contributed by atoms with E-state index in [0.29, 0.717) is 19.8 Å². The lowest BCUT2D eigenvalue weighted by Crippen LogP contribution is -2.08. The summed E-state index contributed by atoms with van der Waals surface area (Å²) in [6, 6.07) is 0. The molecule has 0 fully saturated rings. The minimum atomic E-state index is 0.0906. The van der Waals surface area contributed by atoms with Gasteiger partial charge < -0.3 is 14.6 Å². The zero-order valence-corrected chi connectivity index (χ0v) is 8.79. The third-order valence-electron chi connectivity index (χ3n) is 1.68. The summed E-state index contributed by atoms with van der Waals surface area (Å²) >= 11 is 0. The Morgan fingerprint density at radius 1 is 1.00 bits per heavy atom. The van der Waals surface area contributed by atoms with Crippen molar-refractivity contribution in [2.75, 3.05) is 33.0 Å². The highest BCUT2D eigenvalue weighted by Gasteiger charge is 1.94. The summed E-state index contributed by atoms with van der Waals surface area (Å²) in [5, 5.41) is 8.40. The molecule has 0 aromatic carbocycles. The summed E-state index contributed by atoms with van der Waals surface area (Å²) in [4.78, 5) is 0. The summed E-state index contributed by atoms with van der Waals surface area (Å²) in [6.45, 7) is 6.97. The Labute approximate surface area is 81.0 Å². The van der Waals surface area contributed by atoms with Crippen LogP contribution in [0.1, 0.15) is 26.7 Å². The van der Waals surface area contributed by atoms with Crippen molar-refractivity contribution >= 4 is 0 Å². The van der Waals surface area contributed by atoms with Gasteiger partial charge in [0.25, 0.3) is 0 Å². The van der Waals surface area contributed by atoms with Gasteiger partial charge in [-0.25, -0.2) is 0 Å². The first-order valence-electron chi connectivity index (χ1n) is 5.03. The van der Waals surface area contributed by atoms with Gasteiger partial charge >= 0.3 is 0 Å². The maximum atomic E-state index is 8.40. The van der Waals surface area contributed by atoms with Gasteiger partial charge in [-0.15, -0.1) is 0 Å². The zero-order chi connectivity index (χ0) is 9.94. The van der Waals surface area contributed by atoms with E-state index in [1.807, 2.05) is 0 Å². The normalized spacial score (nSPS) is 11.1. The van der Waals surface area contributed by atoms with Gasteiger partial charge in [0.15, 0.2) is 0 Å². The summed E-state index contributed by atoms with van der Waals surface area (Å²) in [7, 11) is 0. The average molecular weight is 190 g/mol. The zero-order valence-electron chi connectivity index (χ0n) is 8.79. The second-order valence-corrected chi connectivity index (χ2v) is 3.48. The molecule has 0 radical (unpaired) electrons. The van der Waals surface area contributed by atoms with Gasteiger partial charge in [-0.2, -0.15) is 0 Å². The number of aliphatic hydroxyl groups is 1. The Balaban J connectivity index is 2.84. The van der Waals surface area contributed by atoms with Crippen molar-refractivity contribution in [3.8, 4) is 0 Å². The van der Waals surface area contributed by atoms with Crippen LogP contribution in [0.2, 0.25) is 0 Å². The van der Waals surface area contributed by atoms with Crippen LogP contribution in [-0.2, 0) is 9.47 Å². The molecule has 3 heteroatoms. The second-order valence-electron chi connectivity index (χ2n) is 3.48. The molecule has 0 spiro atoms. The molecular weight excluding hydrogens is 168 g/mol. The Hall–Kier alpha value is -0.120. The van der Waals surface area contributed by atoms with Crippen LogP contribution >= 0.6 is 0 Å². The minimum absolute atomic E-state index is 0.0906. The average Bonchev–Trinajstić information content (AvgIpc) is 2.09. The Morgan fingerprint density at radius 2 is 1.62 bits per heavy atom. The maximum absolute atomic E-state index is 8.40. The second kappa shape index (κ2) is 9.96. The van der Waals surface area contributed by atoms with E-state index in [-0.39, 0.29) is 6.61 Å². The molecule has 13 heavy (non-hydrogen) atoms. The van der Waals surface area contributed by atoms with Gasteiger partial charge in [-0.3, -0.25) is 0 Å². The SMILES string of the molecule is CC(C)CCCOCCOCCO. The lowest BCUT2D eigenvalue weighted by atomic mass is 10.1. The highest BCUT2D eigenvalue weighted by molar-refractivity contribution is 4.44. The Morgan fingerprint density at radius 3 is 2.15 bits per heavy atom. The van der Waals surface area contributed by atoms with Gasteiger partial charge in [0.05, 0.1) is 26.4 Å². The number of rotatable bonds is 9. The van der Waals surface area contributed by atoms with E-state index in [0.717, 1.165) is 18.9 Å². The summed E-state index contributed by atoms with van der Waals surface area (Å²) < 4.78 is 10.4. The van der Waals surface area contributed by atoms with Crippen LogP contribution in [0.4, 0.5) is 0 Å². The molecule has 80 valence electrons. The lowest BCUT2D eigenvalue weighted by molar-refractivity contribution is 0.0316. The van der Waals surface area contributed by atoms with Crippen LogP contribution < -0.4 is 0 Å². The molecule has 0 saturated heterocycles. The van der Waals surface area contributed by atoms with Gasteiger partial charge in [-0.05, 0) is 18.8 Å². The molecule has 0 aliphatic heterocycles. The molecule has 0 saturated carbocycles. The van der Waals surface area contributed by atoms with E-state index >= 15 is 0 Å². The fraction of sp³-hybridized carbons (Fsp3) is 1.00. The highest BCUT2D eigenvalue weighted by atomic mass is 16.5. The minimum Gasteiger partial charge on any atom is -0.394 e. The van der Waals surface area contributed by atoms with E-state index in [2.05, 4.69) is 13.8 Å². The highest BCUT2D eigenvalue weighted by Crippen LogP contribution is 2.02. The Bertz CT molecular complexity index is 94.2. The van der Waals surface area contributed by atoms with Crippen molar-refractivity contribution in [3.05, 3.63) is 0 Å². The molecule has 0 heterocycles. The first-order chi connectivity index (χ1) is 6.27. The molecule has 0 aliphatic rings. The lowest BCUT2D eigenvalue weighted by Gasteiger charge is -2.06. The smallest absolute Gasteiger partial charge is 0.0701 e. The predicted octanol–water partition coefficient (Wildman–Crippen LogP) is 1.45. The summed E-state index contributed by atoms with van der Waals surface area (Å²) in [5.41, 5.74) is 0. The van der Waals surface area contributed by atoms with Crippen molar-refractivity contribution < 1.29 is 14.6 Å². The molecular formula is C10H22O3. The van der Waals surface area contributed by atoms with Crippen molar-refractivity contribution in [3.63, 3.8) is 0 Å². The summed E-state index contributed by atoms with van der Waals surface area (Å²) in [5.74, 6) is 0.759. The van der Waals surface area contributed by atoms with E-state index < -0.39 is 0 Å². The molecule has 0 bridgehead atoms. The fourth-order valence-electron chi connectivity index (χ4n) is 0.980. The van der Waals surface area contributed by atoms with Gasteiger partial charge in [0.2, 0.25) is 0 Å². The van der Waals surface area contributed by atoms with E-state index in [1.54, 1.807) is 0 Å². The number of aliphatic hydroxyl groups excluding tert-OH is 1. The molecule has 0 aliphatic carbocycles. The monoisotopic (exact) mass is 190 g/mol. The Kier molecular flexibility index (Phi) is 9.87. The van der Waals surface area contributed by atoms with Gasteiger partial charge in [0, 0.05) is 6.61 Å². The predicted molar refractivity (Wildman–Crippen MR) is 52.8 cm³/mol. The first kappa shape index (κ1) is 12.9. The number of ether oxygens (including phenoxy) is 2. The molecule has 0 unspecified atom stereocenters. The topological polar surface area (TPSA) is 38.7 Å². The van der Waals surface area contributed by atoms with Crippen LogP contribution in [0, 0.1) is 5.92 Å². The number of hydrogen-bond acceptors (Lipinski definition) is 3. The van der Waals surface area contributed by atoms with Crippen LogP contribution in [0.5, 0.6) is 0 Å². The molecule has 0 aromatic heterocycles. The van der Waals surface area contributed by atoms with Crippen molar-refractivity contribution in [2.45, 2.75) is 26.7 Å². The van der Waals surface area contributed by atoms with E-state index in [9.17, 15) is 0 Å². The van der Waals surface area contributed by atoms with Crippen LogP contribution in [-0.4, -0.2) is 38.1 Å². The molecule has 3 nitrogen and oxygen atoms in total. The van der Waals surface area contributed by atoms with Gasteiger partial charge in [0.1, 0.15) is 0 Å². The first-order valence-corrected chi connectivity index (χ1v) is 5.03. The molecule has 0 aromatic rings. The van der Waals surface area contributed by atoms with Crippen LogP contribution in [0.3, 0.4) is 0 Å². The summed E-state index contributed by atoms with van der Waals surface area (Å²) in [6.07, 6.45) is 2.34.